The van der Waals surface area contributed by atoms with Gasteiger partial charge >= 0.3 is 11.9 Å². The number of thioether (sulfide) groups is 1. The molecular formula is C34H31NO5S. The third-order valence-corrected chi connectivity index (χ3v) is 8.02. The molecule has 4 rings (SSSR count). The van der Waals surface area contributed by atoms with Crippen molar-refractivity contribution in [2.45, 2.75) is 17.7 Å². The molecule has 0 saturated carbocycles. The highest BCUT2D eigenvalue weighted by molar-refractivity contribution is 8.00. The van der Waals surface area contributed by atoms with Crippen LogP contribution in [-0.2, 0) is 23.9 Å². The van der Waals surface area contributed by atoms with Gasteiger partial charge in [0.05, 0.1) is 11.9 Å². The second kappa shape index (κ2) is 14.1. The molecule has 0 bridgehead atoms. The summed E-state index contributed by atoms with van der Waals surface area (Å²) >= 11 is 1.56. The van der Waals surface area contributed by atoms with Crippen LogP contribution in [0.3, 0.4) is 0 Å². The van der Waals surface area contributed by atoms with Crippen LogP contribution >= 0.6 is 11.8 Å². The van der Waals surface area contributed by atoms with Crippen molar-refractivity contribution >= 4 is 35.7 Å². The number of benzene rings is 4. The van der Waals surface area contributed by atoms with E-state index in [9.17, 15) is 14.4 Å². The van der Waals surface area contributed by atoms with Crippen LogP contribution in [0.25, 0.3) is 6.08 Å². The number of nitrogens with one attached hydrogen (secondary N) is 1. The average Bonchev–Trinajstić information content (AvgIpc) is 3.01. The number of amides is 1. The summed E-state index contributed by atoms with van der Waals surface area (Å²) in [5.41, 5.74) is 3.88. The smallest absolute Gasteiger partial charge is 0.329 e. The standard InChI is InChI=1S/C34H31NO5S/c1-25(36)40-30-21-18-26(19-22-30)20-23-32(37)35-31(33(38)39-2)24-41-34(27-12-6-3-7-13-27,28-14-8-4-9-15-28)29-16-10-5-11-17-29/h3-23,31H,24H2,1-2H3,(H,35,37)/b23-20+/t31-/m1/s1. The topological polar surface area (TPSA) is 81.7 Å². The number of hydrogen-bond donors (Lipinski definition) is 1. The van der Waals surface area contributed by atoms with E-state index in [1.165, 1.54) is 20.1 Å². The van der Waals surface area contributed by atoms with E-state index >= 15 is 0 Å². The molecule has 208 valence electrons. The predicted molar refractivity (Wildman–Crippen MR) is 162 cm³/mol. The van der Waals surface area contributed by atoms with Gasteiger partial charge in [0.2, 0.25) is 5.91 Å². The van der Waals surface area contributed by atoms with Crippen LogP contribution in [0.1, 0.15) is 29.2 Å². The van der Waals surface area contributed by atoms with Crippen LogP contribution in [0.15, 0.2) is 121 Å². The molecule has 0 unspecified atom stereocenters. The fourth-order valence-corrected chi connectivity index (χ4v) is 6.04. The number of rotatable bonds is 11. The Balaban J connectivity index is 1.60. The fraction of sp³-hybridized carbons (Fsp3) is 0.147. The minimum Gasteiger partial charge on any atom is -0.467 e. The summed E-state index contributed by atoms with van der Waals surface area (Å²) in [5.74, 6) is -0.708. The first-order chi connectivity index (χ1) is 19.9. The van der Waals surface area contributed by atoms with Gasteiger partial charge in [-0.25, -0.2) is 4.79 Å². The van der Waals surface area contributed by atoms with E-state index in [-0.39, 0.29) is 5.75 Å². The van der Waals surface area contributed by atoms with Gasteiger partial charge in [0.25, 0.3) is 0 Å². The fourth-order valence-electron chi connectivity index (χ4n) is 4.49. The van der Waals surface area contributed by atoms with Crippen molar-refractivity contribution in [1.82, 2.24) is 5.32 Å². The van der Waals surface area contributed by atoms with Crippen LogP contribution in [0.2, 0.25) is 0 Å². The van der Waals surface area contributed by atoms with Crippen molar-refractivity contribution in [3.8, 4) is 5.75 Å². The zero-order valence-corrected chi connectivity index (χ0v) is 23.7. The van der Waals surface area contributed by atoms with Crippen LogP contribution in [0.4, 0.5) is 0 Å². The Morgan fingerprint density at radius 2 is 1.27 bits per heavy atom. The van der Waals surface area contributed by atoms with Crippen molar-refractivity contribution in [1.29, 1.82) is 0 Å². The molecule has 4 aromatic carbocycles. The summed E-state index contributed by atoms with van der Waals surface area (Å²) in [5, 5.41) is 2.81. The van der Waals surface area contributed by atoms with Crippen LogP contribution < -0.4 is 10.1 Å². The van der Waals surface area contributed by atoms with Gasteiger partial charge < -0.3 is 14.8 Å². The SMILES string of the molecule is COC(=O)[C@@H](CSC(c1ccccc1)(c1ccccc1)c1ccccc1)NC(=O)/C=C/c1ccc(OC(C)=O)cc1. The maximum Gasteiger partial charge on any atom is 0.329 e. The lowest BCUT2D eigenvalue weighted by molar-refractivity contribution is -0.143. The maximum absolute atomic E-state index is 12.9. The molecule has 7 heteroatoms. The predicted octanol–water partition coefficient (Wildman–Crippen LogP) is 6.01. The first-order valence-corrected chi connectivity index (χ1v) is 14.1. The quantitative estimate of drug-likeness (QED) is 0.104. The molecule has 1 atom stereocenters. The lowest BCUT2D eigenvalue weighted by Crippen LogP contribution is -2.43. The first kappa shape index (κ1) is 29.4. The molecule has 4 aromatic rings. The molecule has 0 aliphatic carbocycles. The summed E-state index contributed by atoms with van der Waals surface area (Å²) < 4.78 is 9.46. The lowest BCUT2D eigenvalue weighted by atomic mass is 9.84. The molecule has 0 radical (unpaired) electrons. The van der Waals surface area contributed by atoms with Gasteiger partial charge in [0, 0.05) is 18.8 Å². The molecule has 0 saturated heterocycles. The minimum atomic E-state index is -0.899. The van der Waals surface area contributed by atoms with E-state index in [2.05, 4.69) is 41.7 Å². The summed E-state index contributed by atoms with van der Waals surface area (Å²) in [4.78, 5) is 36.9. The van der Waals surface area contributed by atoms with Gasteiger partial charge in [-0.05, 0) is 40.5 Å². The number of carbonyl (C=O) groups is 3. The van der Waals surface area contributed by atoms with E-state index in [0.717, 1.165) is 22.3 Å². The van der Waals surface area contributed by atoms with Gasteiger partial charge in [-0.2, -0.15) is 0 Å². The monoisotopic (exact) mass is 565 g/mol. The first-order valence-electron chi connectivity index (χ1n) is 13.1. The maximum atomic E-state index is 12.9. The second-order valence-electron chi connectivity index (χ2n) is 9.17. The highest BCUT2D eigenvalue weighted by Gasteiger charge is 2.38. The van der Waals surface area contributed by atoms with Crippen LogP contribution in [0.5, 0.6) is 5.75 Å². The molecule has 41 heavy (non-hydrogen) atoms. The Labute approximate surface area is 244 Å². The molecule has 1 N–H and O–H groups in total. The van der Waals surface area contributed by atoms with E-state index < -0.39 is 28.6 Å². The Hall–Kier alpha value is -4.62. The van der Waals surface area contributed by atoms with Crippen molar-refractivity contribution in [3.63, 3.8) is 0 Å². The molecule has 0 spiro atoms. The third kappa shape index (κ3) is 7.52. The normalized spacial score (nSPS) is 12.0. The second-order valence-corrected chi connectivity index (χ2v) is 10.4. The summed E-state index contributed by atoms with van der Waals surface area (Å²) in [7, 11) is 1.31. The number of ether oxygens (including phenoxy) is 2. The molecule has 0 aliphatic rings. The van der Waals surface area contributed by atoms with Gasteiger partial charge in [-0.15, -0.1) is 11.8 Å². The average molecular weight is 566 g/mol. The summed E-state index contributed by atoms with van der Waals surface area (Å²) in [6.07, 6.45) is 2.98. The highest BCUT2D eigenvalue weighted by Crippen LogP contribution is 2.48. The van der Waals surface area contributed by atoms with E-state index in [1.54, 1.807) is 42.1 Å². The number of esters is 2. The van der Waals surface area contributed by atoms with E-state index in [4.69, 9.17) is 9.47 Å². The minimum absolute atomic E-state index is 0.252. The molecule has 0 aromatic heterocycles. The summed E-state index contributed by atoms with van der Waals surface area (Å²) in [6, 6.07) is 36.2. The van der Waals surface area contributed by atoms with E-state index in [0.29, 0.717) is 5.75 Å². The Bertz CT molecular complexity index is 1380. The third-order valence-electron chi connectivity index (χ3n) is 6.38. The van der Waals surface area contributed by atoms with Gasteiger partial charge in [-0.3, -0.25) is 9.59 Å². The van der Waals surface area contributed by atoms with Gasteiger partial charge in [0.15, 0.2) is 0 Å². The van der Waals surface area contributed by atoms with Crippen molar-refractivity contribution in [3.05, 3.63) is 144 Å². The number of methoxy groups -OCH3 is 1. The molecule has 6 nitrogen and oxygen atoms in total. The Morgan fingerprint density at radius 3 is 1.71 bits per heavy atom. The zero-order chi connectivity index (χ0) is 29.1. The van der Waals surface area contributed by atoms with Crippen molar-refractivity contribution in [2.24, 2.45) is 0 Å². The van der Waals surface area contributed by atoms with Crippen molar-refractivity contribution < 1.29 is 23.9 Å². The lowest BCUT2D eigenvalue weighted by Gasteiger charge is -2.36. The van der Waals surface area contributed by atoms with Gasteiger partial charge in [-0.1, -0.05) is 103 Å². The number of hydrogen-bond acceptors (Lipinski definition) is 6. The molecule has 0 aliphatic heterocycles. The molecule has 1 amide bonds. The van der Waals surface area contributed by atoms with Crippen LogP contribution in [-0.4, -0.2) is 36.8 Å². The Morgan fingerprint density at radius 1 is 0.780 bits per heavy atom. The van der Waals surface area contributed by atoms with Crippen LogP contribution in [0, 0.1) is 0 Å². The largest absolute Gasteiger partial charge is 0.467 e. The Kier molecular flexibility index (Phi) is 10.1. The van der Waals surface area contributed by atoms with E-state index in [1.807, 2.05) is 54.6 Å². The summed E-state index contributed by atoms with van der Waals surface area (Å²) in [6.45, 7) is 1.33. The molecular weight excluding hydrogens is 534 g/mol. The highest BCUT2D eigenvalue weighted by atomic mass is 32.2. The zero-order valence-electron chi connectivity index (χ0n) is 22.9. The van der Waals surface area contributed by atoms with Crippen molar-refractivity contribution in [2.75, 3.05) is 12.9 Å². The molecule has 0 heterocycles. The van der Waals surface area contributed by atoms with Gasteiger partial charge in [0.1, 0.15) is 11.8 Å². The number of carbonyl (C=O) groups excluding carboxylic acids is 3. The molecule has 0 fully saturated rings.